The molecule has 29 heavy (non-hydrogen) atoms. The van der Waals surface area contributed by atoms with Crippen molar-refractivity contribution in [1.82, 2.24) is 10.3 Å². The number of carbonyl (C=O) groups excluding carboxylic acids is 1. The Morgan fingerprint density at radius 1 is 1.03 bits per heavy atom. The van der Waals surface area contributed by atoms with Crippen molar-refractivity contribution in [2.24, 2.45) is 0 Å². The number of carbonyl (C=O) groups is 1. The van der Waals surface area contributed by atoms with E-state index in [1.165, 1.54) is 18.3 Å². The molecule has 1 aromatic heterocycles. The van der Waals surface area contributed by atoms with E-state index in [0.717, 1.165) is 52.9 Å². The van der Waals surface area contributed by atoms with Crippen molar-refractivity contribution in [1.29, 1.82) is 0 Å². The van der Waals surface area contributed by atoms with Crippen LogP contribution in [0.3, 0.4) is 0 Å². The molecule has 0 aliphatic rings. The van der Waals surface area contributed by atoms with Crippen LogP contribution in [0.25, 0.3) is 0 Å². The van der Waals surface area contributed by atoms with Gasteiger partial charge in [0.05, 0.1) is 6.20 Å². The number of alkyl halides is 2. The first-order valence-electron chi connectivity index (χ1n) is 8.58. The lowest BCUT2D eigenvalue weighted by Crippen LogP contribution is -2.21. The van der Waals surface area contributed by atoms with Gasteiger partial charge in [0.2, 0.25) is 0 Å². The van der Waals surface area contributed by atoms with Crippen LogP contribution in [0.4, 0.5) is 17.6 Å². The minimum Gasteiger partial charge on any atom is -0.347 e. The molecule has 0 aliphatic carbocycles. The summed E-state index contributed by atoms with van der Waals surface area (Å²) in [4.78, 5) is 16.6. The number of hydrogen-bond acceptors (Lipinski definition) is 4. The van der Waals surface area contributed by atoms with E-state index in [1.807, 2.05) is 0 Å². The van der Waals surface area contributed by atoms with Crippen LogP contribution >= 0.6 is 23.1 Å². The number of aromatic nitrogens is 1. The number of halogens is 4. The van der Waals surface area contributed by atoms with Gasteiger partial charge in [0.25, 0.3) is 11.8 Å². The average molecular weight is 440 g/mol. The van der Waals surface area contributed by atoms with Gasteiger partial charge >= 0.3 is 0 Å². The van der Waals surface area contributed by atoms with Gasteiger partial charge in [-0.1, -0.05) is 36.0 Å². The highest BCUT2D eigenvalue weighted by Crippen LogP contribution is 2.35. The zero-order valence-corrected chi connectivity index (χ0v) is 16.6. The van der Waals surface area contributed by atoms with E-state index in [9.17, 15) is 22.4 Å². The number of benzene rings is 2. The Hall–Kier alpha value is -2.39. The summed E-state index contributed by atoms with van der Waals surface area (Å²) in [5, 5.41) is 2.70. The zero-order valence-electron chi connectivity index (χ0n) is 15.0. The van der Waals surface area contributed by atoms with Crippen molar-refractivity contribution >= 4 is 29.0 Å². The maximum Gasteiger partial charge on any atom is 0.274 e. The summed E-state index contributed by atoms with van der Waals surface area (Å²) < 4.78 is 54.6. The largest absolute Gasteiger partial charge is 0.347 e. The summed E-state index contributed by atoms with van der Waals surface area (Å²) in [5.74, 6) is -4.24. The van der Waals surface area contributed by atoms with Crippen LogP contribution in [-0.4, -0.2) is 16.6 Å². The molecule has 152 valence electrons. The van der Waals surface area contributed by atoms with E-state index in [2.05, 4.69) is 10.3 Å². The van der Waals surface area contributed by atoms with E-state index < -0.39 is 18.2 Å². The second kappa shape index (κ2) is 9.41. The number of nitrogens with one attached hydrogen (secondary N) is 1. The van der Waals surface area contributed by atoms with Crippen molar-refractivity contribution < 1.29 is 22.4 Å². The summed E-state index contributed by atoms with van der Waals surface area (Å²) in [6.45, 7) is 0.239. The lowest BCUT2D eigenvalue weighted by Gasteiger charge is -2.16. The van der Waals surface area contributed by atoms with Gasteiger partial charge in [0.1, 0.15) is 16.5 Å². The summed E-state index contributed by atoms with van der Waals surface area (Å²) in [5.41, 5.74) is 0.515. The lowest BCUT2D eigenvalue weighted by atomic mass is 10.1. The van der Waals surface area contributed by atoms with Gasteiger partial charge in [-0.25, -0.2) is 22.5 Å². The molecule has 2 aromatic carbocycles. The summed E-state index contributed by atoms with van der Waals surface area (Å²) in [6, 6.07) is 9.94. The predicted molar refractivity (Wildman–Crippen MR) is 105 cm³/mol. The molecule has 0 fully saturated rings. The second-order valence-electron chi connectivity index (χ2n) is 6.11. The Bertz CT molecular complexity index is 959. The highest BCUT2D eigenvalue weighted by atomic mass is 32.2. The molecule has 0 spiro atoms. The number of rotatable bonds is 8. The third-order valence-corrected chi connectivity index (χ3v) is 6.14. The molecule has 3 aromatic rings. The van der Waals surface area contributed by atoms with E-state index >= 15 is 0 Å². The van der Waals surface area contributed by atoms with Crippen LogP contribution in [0.5, 0.6) is 0 Å². The van der Waals surface area contributed by atoms with Crippen LogP contribution in [-0.2, 0) is 12.5 Å². The number of thiazole rings is 1. The highest BCUT2D eigenvalue weighted by molar-refractivity contribution is 8.01. The Labute approximate surface area is 173 Å². The normalized spacial score (nSPS) is 11.4. The van der Waals surface area contributed by atoms with Crippen molar-refractivity contribution in [2.45, 2.75) is 23.2 Å². The molecule has 0 saturated heterocycles. The third kappa shape index (κ3) is 6.04. The van der Waals surface area contributed by atoms with Crippen LogP contribution in [0.2, 0.25) is 0 Å². The second-order valence-corrected chi connectivity index (χ2v) is 8.48. The Kier molecular flexibility index (Phi) is 6.92. The molecule has 0 atom stereocenters. The Morgan fingerprint density at radius 3 is 2.31 bits per heavy atom. The highest BCUT2D eigenvalue weighted by Gasteiger charge is 2.31. The van der Waals surface area contributed by atoms with Crippen LogP contribution in [0.1, 0.15) is 27.2 Å². The lowest BCUT2D eigenvalue weighted by molar-refractivity contribution is -0.00707. The summed E-state index contributed by atoms with van der Waals surface area (Å²) >= 11 is 2.24. The molecule has 0 unspecified atom stereocenters. The van der Waals surface area contributed by atoms with E-state index in [0.29, 0.717) is 9.22 Å². The van der Waals surface area contributed by atoms with Gasteiger partial charge in [-0.05, 0) is 29.8 Å². The monoisotopic (exact) mass is 440 g/mol. The number of hydrogen-bond donors (Lipinski definition) is 1. The fourth-order valence-electron chi connectivity index (χ4n) is 2.41. The molecule has 1 N–H and O–H groups in total. The minimum atomic E-state index is -3.08. The topological polar surface area (TPSA) is 42.0 Å². The number of nitrogens with zero attached hydrogens (tertiary/aromatic N) is 1. The zero-order chi connectivity index (χ0) is 20.9. The summed E-state index contributed by atoms with van der Waals surface area (Å²) in [6.07, 6.45) is 0.958. The fraction of sp³-hybridized carbons (Fsp3) is 0.200. The van der Waals surface area contributed by atoms with Gasteiger partial charge < -0.3 is 5.32 Å². The quantitative estimate of drug-likeness (QED) is 0.365. The maximum atomic E-state index is 14.2. The first-order valence-corrected chi connectivity index (χ1v) is 10.4. The van der Waals surface area contributed by atoms with Crippen molar-refractivity contribution in [3.8, 4) is 0 Å². The van der Waals surface area contributed by atoms with Gasteiger partial charge in [-0.3, -0.25) is 4.79 Å². The van der Waals surface area contributed by atoms with Gasteiger partial charge in [0.15, 0.2) is 4.34 Å². The molecule has 3 nitrogen and oxygen atoms in total. The van der Waals surface area contributed by atoms with Crippen molar-refractivity contribution in [3.63, 3.8) is 0 Å². The number of amides is 1. The molecular weight excluding hydrogens is 424 g/mol. The van der Waals surface area contributed by atoms with Gasteiger partial charge in [-0.15, -0.1) is 11.3 Å². The molecule has 3 rings (SSSR count). The van der Waals surface area contributed by atoms with Crippen LogP contribution < -0.4 is 5.32 Å². The molecule has 9 heteroatoms. The summed E-state index contributed by atoms with van der Waals surface area (Å²) in [7, 11) is 0. The molecule has 0 aliphatic heterocycles. The van der Waals surface area contributed by atoms with Crippen molar-refractivity contribution in [3.05, 3.63) is 82.4 Å². The van der Waals surface area contributed by atoms with Crippen LogP contribution in [0.15, 0.2) is 59.1 Å². The molecule has 0 radical (unpaired) electrons. The first kappa shape index (κ1) is 21.3. The van der Waals surface area contributed by atoms with Crippen LogP contribution in [0, 0.1) is 11.6 Å². The van der Waals surface area contributed by atoms with E-state index in [1.54, 1.807) is 12.1 Å². The van der Waals surface area contributed by atoms with E-state index in [4.69, 9.17) is 0 Å². The Balaban J connectivity index is 1.48. The number of thioether (sulfide) groups is 1. The van der Waals surface area contributed by atoms with E-state index in [-0.39, 0.29) is 29.6 Å². The molecular formula is C20H16F4N2OS2. The molecule has 0 saturated carbocycles. The van der Waals surface area contributed by atoms with Gasteiger partial charge in [-0.2, -0.15) is 0 Å². The smallest absolute Gasteiger partial charge is 0.274 e. The van der Waals surface area contributed by atoms with Crippen molar-refractivity contribution in [2.75, 3.05) is 5.75 Å². The molecule has 0 bridgehead atoms. The fourth-order valence-corrected chi connectivity index (χ4v) is 4.39. The Morgan fingerprint density at radius 2 is 1.66 bits per heavy atom. The average Bonchev–Trinajstić information content (AvgIpc) is 3.16. The molecule has 1 amide bonds. The first-order chi connectivity index (χ1) is 13.8. The minimum absolute atomic E-state index is 0.0918. The predicted octanol–water partition coefficient (Wildman–Crippen LogP) is 5.63. The molecule has 1 heterocycles. The standard InChI is InChI=1S/C20H16F4N2OS2/c21-15-5-1-13(2-6-15)11-25-18(27)17-12-26-19(29-17)28-10-9-20(23,24)14-3-7-16(22)8-4-14/h1-8,12H,9-11H2,(H,25,27). The SMILES string of the molecule is O=C(NCc1ccc(F)cc1)c1cnc(SCCC(F)(F)c2ccc(F)cc2)s1. The third-order valence-electron chi connectivity index (χ3n) is 3.98. The van der Waals surface area contributed by atoms with Gasteiger partial charge in [0, 0.05) is 24.3 Å². The maximum absolute atomic E-state index is 14.2.